The minimum atomic E-state index is 0.494. The first-order valence-corrected chi connectivity index (χ1v) is 5.54. The Balaban J connectivity index is 2.94. The molecule has 0 unspecified atom stereocenters. The number of nitriles is 1. The number of hydrogen-bond acceptors (Lipinski definition) is 2. The number of thiophene rings is 1. The summed E-state index contributed by atoms with van der Waals surface area (Å²) in [4.78, 5) is 0. The highest BCUT2D eigenvalue weighted by atomic mass is 79.9. The van der Waals surface area contributed by atoms with Crippen molar-refractivity contribution in [3.63, 3.8) is 0 Å². The lowest BCUT2D eigenvalue weighted by molar-refractivity contribution is 1.49. The Morgan fingerprint density at radius 1 is 1.54 bits per heavy atom. The van der Waals surface area contributed by atoms with Crippen LogP contribution in [0.5, 0.6) is 0 Å². The number of benzene rings is 1. The molecule has 0 saturated heterocycles. The van der Waals surface area contributed by atoms with Crippen molar-refractivity contribution in [1.82, 2.24) is 0 Å². The van der Waals surface area contributed by atoms with E-state index in [1.165, 1.54) is 0 Å². The third kappa shape index (κ3) is 1.35. The predicted molar refractivity (Wildman–Crippen MR) is 59.3 cm³/mol. The van der Waals surface area contributed by atoms with Crippen LogP contribution in [0, 0.1) is 11.3 Å². The first-order valence-electron chi connectivity index (χ1n) is 3.49. The lowest BCUT2D eigenvalue weighted by Gasteiger charge is -1.99. The Kier molecular flexibility index (Phi) is 2.29. The van der Waals surface area contributed by atoms with Crippen LogP contribution >= 0.6 is 38.9 Å². The summed E-state index contributed by atoms with van der Waals surface area (Å²) in [5.41, 5.74) is 0.517. The van der Waals surface area contributed by atoms with E-state index >= 15 is 0 Å². The van der Waals surface area contributed by atoms with Crippen LogP contribution in [0.25, 0.3) is 10.1 Å². The van der Waals surface area contributed by atoms with Crippen LogP contribution in [0.15, 0.2) is 22.0 Å². The highest BCUT2D eigenvalue weighted by molar-refractivity contribution is 9.10. The summed E-state index contributed by atoms with van der Waals surface area (Å²) in [6, 6.07) is 5.86. The molecule has 0 radical (unpaired) electrons. The van der Waals surface area contributed by atoms with Gasteiger partial charge in [-0.05, 0) is 33.4 Å². The molecular weight excluding hydrogens is 270 g/mol. The van der Waals surface area contributed by atoms with E-state index in [4.69, 9.17) is 16.9 Å². The van der Waals surface area contributed by atoms with Crippen molar-refractivity contribution >= 4 is 49.0 Å². The summed E-state index contributed by atoms with van der Waals surface area (Å²) < 4.78 is 1.89. The maximum Gasteiger partial charge on any atom is 0.101 e. The van der Waals surface area contributed by atoms with E-state index in [-0.39, 0.29) is 0 Å². The quantitative estimate of drug-likeness (QED) is 0.705. The van der Waals surface area contributed by atoms with Gasteiger partial charge in [-0.2, -0.15) is 5.26 Å². The summed E-state index contributed by atoms with van der Waals surface area (Å²) in [7, 11) is 0. The SMILES string of the molecule is N#Cc1cc2sccc2c(Br)c1Cl. The Hall–Kier alpha value is -0.560. The lowest BCUT2D eigenvalue weighted by Crippen LogP contribution is -1.78. The van der Waals surface area contributed by atoms with Gasteiger partial charge >= 0.3 is 0 Å². The normalized spacial score (nSPS) is 10.2. The zero-order valence-electron chi connectivity index (χ0n) is 6.34. The molecule has 1 aromatic heterocycles. The molecule has 2 aromatic rings. The fourth-order valence-corrected chi connectivity index (χ4v) is 2.85. The Morgan fingerprint density at radius 3 is 3.00 bits per heavy atom. The largest absolute Gasteiger partial charge is 0.192 e. The van der Waals surface area contributed by atoms with Crippen LogP contribution in [0.3, 0.4) is 0 Å². The first kappa shape index (κ1) is 9.01. The highest BCUT2D eigenvalue weighted by Crippen LogP contribution is 2.36. The van der Waals surface area contributed by atoms with Gasteiger partial charge in [0.25, 0.3) is 0 Å². The second-order valence-electron chi connectivity index (χ2n) is 2.50. The Morgan fingerprint density at radius 2 is 2.31 bits per heavy atom. The van der Waals surface area contributed by atoms with Crippen LogP contribution in [0.4, 0.5) is 0 Å². The molecule has 64 valence electrons. The van der Waals surface area contributed by atoms with Crippen molar-refractivity contribution in [2.24, 2.45) is 0 Å². The molecular formula is C9H3BrClNS. The van der Waals surface area contributed by atoms with Gasteiger partial charge in [0.15, 0.2) is 0 Å². The summed E-state index contributed by atoms with van der Waals surface area (Å²) in [6.07, 6.45) is 0. The van der Waals surface area contributed by atoms with Crippen LogP contribution in [0.1, 0.15) is 5.56 Å². The molecule has 0 saturated carbocycles. The second kappa shape index (κ2) is 3.30. The zero-order valence-corrected chi connectivity index (χ0v) is 9.50. The topological polar surface area (TPSA) is 23.8 Å². The molecule has 0 atom stereocenters. The van der Waals surface area contributed by atoms with Crippen molar-refractivity contribution < 1.29 is 0 Å². The monoisotopic (exact) mass is 271 g/mol. The van der Waals surface area contributed by atoms with Crippen molar-refractivity contribution in [3.05, 3.63) is 32.6 Å². The van der Waals surface area contributed by atoms with Gasteiger partial charge in [-0.3, -0.25) is 0 Å². The minimum absolute atomic E-state index is 0.494. The molecule has 13 heavy (non-hydrogen) atoms. The van der Waals surface area contributed by atoms with E-state index in [0.29, 0.717) is 10.6 Å². The van der Waals surface area contributed by atoms with Gasteiger partial charge in [-0.15, -0.1) is 11.3 Å². The van der Waals surface area contributed by atoms with E-state index in [9.17, 15) is 0 Å². The minimum Gasteiger partial charge on any atom is -0.192 e. The summed E-state index contributed by atoms with van der Waals surface area (Å²) >= 11 is 10.9. The summed E-state index contributed by atoms with van der Waals surface area (Å²) in [5, 5.41) is 12.3. The van der Waals surface area contributed by atoms with Gasteiger partial charge in [0.05, 0.1) is 10.6 Å². The number of nitrogens with zero attached hydrogens (tertiary/aromatic N) is 1. The molecule has 0 aliphatic carbocycles. The fraction of sp³-hybridized carbons (Fsp3) is 0. The number of rotatable bonds is 0. The fourth-order valence-electron chi connectivity index (χ4n) is 1.13. The van der Waals surface area contributed by atoms with Gasteiger partial charge in [-0.25, -0.2) is 0 Å². The van der Waals surface area contributed by atoms with E-state index in [1.54, 1.807) is 11.3 Å². The highest BCUT2D eigenvalue weighted by Gasteiger charge is 2.09. The Bertz CT molecular complexity index is 512. The molecule has 0 aliphatic rings. The maximum atomic E-state index is 8.79. The van der Waals surface area contributed by atoms with Gasteiger partial charge in [0, 0.05) is 14.6 Å². The van der Waals surface area contributed by atoms with Gasteiger partial charge in [-0.1, -0.05) is 11.6 Å². The predicted octanol–water partition coefficient (Wildman–Crippen LogP) is 4.19. The van der Waals surface area contributed by atoms with E-state index in [2.05, 4.69) is 22.0 Å². The molecule has 0 N–H and O–H groups in total. The van der Waals surface area contributed by atoms with Crippen molar-refractivity contribution in [2.75, 3.05) is 0 Å². The van der Waals surface area contributed by atoms with E-state index in [0.717, 1.165) is 14.6 Å². The molecule has 0 amide bonds. The van der Waals surface area contributed by atoms with E-state index < -0.39 is 0 Å². The van der Waals surface area contributed by atoms with Gasteiger partial charge < -0.3 is 0 Å². The average molecular weight is 273 g/mol. The third-order valence-electron chi connectivity index (χ3n) is 1.76. The number of hydrogen-bond donors (Lipinski definition) is 0. The smallest absolute Gasteiger partial charge is 0.101 e. The van der Waals surface area contributed by atoms with Crippen molar-refractivity contribution in [2.45, 2.75) is 0 Å². The summed E-state index contributed by atoms with van der Waals surface area (Å²) in [6.45, 7) is 0. The molecule has 0 bridgehead atoms. The molecule has 0 spiro atoms. The van der Waals surface area contributed by atoms with Crippen LogP contribution in [-0.2, 0) is 0 Å². The lowest BCUT2D eigenvalue weighted by atomic mass is 10.2. The van der Waals surface area contributed by atoms with Gasteiger partial charge in [0.1, 0.15) is 6.07 Å². The molecule has 1 heterocycles. The molecule has 0 aliphatic heterocycles. The molecule has 2 rings (SSSR count). The molecule has 0 fully saturated rings. The number of halogens is 2. The average Bonchev–Trinajstić information content (AvgIpc) is 2.59. The van der Waals surface area contributed by atoms with E-state index in [1.807, 2.05) is 17.5 Å². The Labute approximate surface area is 92.7 Å². The standard InChI is InChI=1S/C9H3BrClNS/c10-8-6-1-2-13-7(6)3-5(4-12)9(8)11/h1-3H. The zero-order chi connectivity index (χ0) is 9.42. The summed E-state index contributed by atoms with van der Waals surface area (Å²) in [5.74, 6) is 0. The number of fused-ring (bicyclic) bond motifs is 1. The first-order chi connectivity index (χ1) is 6.24. The second-order valence-corrected chi connectivity index (χ2v) is 4.61. The third-order valence-corrected chi connectivity index (χ3v) is 4.07. The van der Waals surface area contributed by atoms with Crippen LogP contribution < -0.4 is 0 Å². The molecule has 1 aromatic carbocycles. The molecule has 4 heteroatoms. The maximum absolute atomic E-state index is 8.79. The van der Waals surface area contributed by atoms with Crippen LogP contribution in [-0.4, -0.2) is 0 Å². The molecule has 1 nitrogen and oxygen atoms in total. The van der Waals surface area contributed by atoms with Crippen LogP contribution in [0.2, 0.25) is 5.02 Å². The van der Waals surface area contributed by atoms with Gasteiger partial charge in [0.2, 0.25) is 0 Å². The van der Waals surface area contributed by atoms with Crippen molar-refractivity contribution in [3.8, 4) is 6.07 Å². The van der Waals surface area contributed by atoms with Crippen molar-refractivity contribution in [1.29, 1.82) is 5.26 Å².